The third-order valence-corrected chi connectivity index (χ3v) is 4.44. The van der Waals surface area contributed by atoms with Crippen molar-refractivity contribution < 1.29 is 19.0 Å². The number of ether oxygens (including phenoxy) is 3. The van der Waals surface area contributed by atoms with Gasteiger partial charge in [0.15, 0.2) is 6.79 Å². The van der Waals surface area contributed by atoms with Crippen LogP contribution in [0.2, 0.25) is 5.02 Å². The summed E-state index contributed by atoms with van der Waals surface area (Å²) in [5, 5.41) is 4.68. The molecule has 0 amide bonds. The Morgan fingerprint density at radius 1 is 1.37 bits per heavy atom. The molecule has 0 unspecified atom stereocenters. The number of esters is 1. The molecule has 0 saturated heterocycles. The number of rotatable bonds is 4. The molecule has 8 nitrogen and oxygen atoms in total. The van der Waals surface area contributed by atoms with Gasteiger partial charge in [0.1, 0.15) is 18.7 Å². The van der Waals surface area contributed by atoms with Crippen molar-refractivity contribution in [2.75, 3.05) is 6.79 Å². The van der Waals surface area contributed by atoms with Gasteiger partial charge >= 0.3 is 5.97 Å². The summed E-state index contributed by atoms with van der Waals surface area (Å²) in [6, 6.07) is 3.50. The average molecular weight is 389 g/mol. The number of hydrogen-bond donors (Lipinski definition) is 0. The van der Waals surface area contributed by atoms with Gasteiger partial charge in [-0.1, -0.05) is 25.4 Å². The Labute approximate surface area is 160 Å². The summed E-state index contributed by atoms with van der Waals surface area (Å²) in [5.74, 6) is 0.614. The summed E-state index contributed by atoms with van der Waals surface area (Å²) >= 11 is 6.15. The summed E-state index contributed by atoms with van der Waals surface area (Å²) in [6.07, 6.45) is 2.88. The molecule has 0 radical (unpaired) electrons. The van der Waals surface area contributed by atoms with Crippen molar-refractivity contribution in [3.05, 3.63) is 52.1 Å². The molecule has 0 bridgehead atoms. The lowest BCUT2D eigenvalue weighted by Crippen LogP contribution is -2.16. The molecule has 0 saturated carbocycles. The van der Waals surface area contributed by atoms with Gasteiger partial charge in [0.25, 0.3) is 5.78 Å². The topological polar surface area (TPSA) is 87.8 Å². The molecule has 1 aromatic carbocycles. The van der Waals surface area contributed by atoms with Crippen LogP contribution in [0.1, 0.15) is 46.9 Å². The fourth-order valence-corrected chi connectivity index (χ4v) is 3.36. The number of carbonyl (C=O) groups excluding carboxylic acids is 1. The van der Waals surface area contributed by atoms with Gasteiger partial charge < -0.3 is 14.2 Å². The summed E-state index contributed by atoms with van der Waals surface area (Å²) in [5.41, 5.74) is 2.56. The van der Waals surface area contributed by atoms with Crippen molar-refractivity contribution >= 4 is 23.3 Å². The lowest BCUT2D eigenvalue weighted by Gasteiger charge is -2.21. The number of benzene rings is 1. The number of aromatic nitrogens is 4. The zero-order valence-corrected chi connectivity index (χ0v) is 15.6. The molecule has 9 heteroatoms. The van der Waals surface area contributed by atoms with Crippen LogP contribution in [0, 0.1) is 0 Å². The van der Waals surface area contributed by atoms with E-state index in [4.69, 9.17) is 25.8 Å². The number of hydrogen-bond acceptors (Lipinski definition) is 7. The van der Waals surface area contributed by atoms with E-state index in [1.807, 2.05) is 13.8 Å². The predicted molar refractivity (Wildman–Crippen MR) is 95.7 cm³/mol. The minimum absolute atomic E-state index is 0.0225. The lowest BCUT2D eigenvalue weighted by atomic mass is 10.1. The van der Waals surface area contributed by atoms with Crippen LogP contribution in [-0.4, -0.2) is 32.3 Å². The second kappa shape index (κ2) is 7.13. The number of nitrogens with zero attached hydrogens (tertiary/aromatic N) is 4. The average Bonchev–Trinajstić information content (AvgIpc) is 3.13. The molecule has 1 aliphatic rings. The number of halogens is 1. The van der Waals surface area contributed by atoms with Gasteiger partial charge in [-0.15, -0.1) is 0 Å². The van der Waals surface area contributed by atoms with Crippen molar-refractivity contribution in [1.29, 1.82) is 0 Å². The molecule has 3 heterocycles. The van der Waals surface area contributed by atoms with E-state index < -0.39 is 5.97 Å². The van der Waals surface area contributed by atoms with Crippen molar-refractivity contribution in [2.45, 2.75) is 33.0 Å². The first-order valence-corrected chi connectivity index (χ1v) is 8.80. The van der Waals surface area contributed by atoms with Gasteiger partial charge in [-0.3, -0.25) is 0 Å². The smallest absolute Gasteiger partial charge is 0.341 e. The fourth-order valence-electron chi connectivity index (χ4n) is 3.09. The summed E-state index contributed by atoms with van der Waals surface area (Å²) in [7, 11) is 0. The van der Waals surface area contributed by atoms with E-state index >= 15 is 0 Å². The SMILES string of the molecule is CC(C)c1c(C(=O)OCc2cc(Cl)cc3c2OCOC3)cnc2ncnn12. The van der Waals surface area contributed by atoms with E-state index in [1.165, 1.54) is 12.5 Å². The largest absolute Gasteiger partial charge is 0.467 e. The first-order chi connectivity index (χ1) is 13.0. The molecule has 0 spiro atoms. The van der Waals surface area contributed by atoms with E-state index in [2.05, 4.69) is 15.1 Å². The van der Waals surface area contributed by atoms with Gasteiger partial charge in [-0.2, -0.15) is 10.1 Å². The fraction of sp³-hybridized carbons (Fsp3) is 0.333. The second-order valence-electron chi connectivity index (χ2n) is 6.42. The normalized spacial score (nSPS) is 13.5. The Bertz CT molecular complexity index is 1020. The first-order valence-electron chi connectivity index (χ1n) is 8.42. The van der Waals surface area contributed by atoms with Gasteiger partial charge in [0.2, 0.25) is 0 Å². The molecular formula is C18H17ClN4O4. The van der Waals surface area contributed by atoms with E-state index in [9.17, 15) is 4.79 Å². The standard InChI is InChI=1S/C18H17ClN4O4/c1-10(2)15-14(5-20-18-21-8-22-23(15)18)17(24)26-7-12-4-13(19)3-11-6-25-9-27-16(11)12/h3-5,8,10H,6-7,9H2,1-2H3. The minimum atomic E-state index is -0.496. The molecule has 0 fully saturated rings. The van der Waals surface area contributed by atoms with Crippen molar-refractivity contribution in [1.82, 2.24) is 19.6 Å². The van der Waals surface area contributed by atoms with Crippen LogP contribution in [0.4, 0.5) is 0 Å². The van der Waals surface area contributed by atoms with Crippen LogP contribution in [0.25, 0.3) is 5.78 Å². The molecule has 3 aromatic rings. The molecule has 2 aromatic heterocycles. The molecule has 140 valence electrons. The predicted octanol–water partition coefficient (Wildman–Crippen LogP) is 3.12. The van der Waals surface area contributed by atoms with Crippen molar-refractivity contribution in [3.63, 3.8) is 0 Å². The van der Waals surface area contributed by atoms with Gasteiger partial charge in [-0.25, -0.2) is 14.3 Å². The maximum absolute atomic E-state index is 12.7. The highest BCUT2D eigenvalue weighted by Gasteiger charge is 2.22. The van der Waals surface area contributed by atoms with Crippen LogP contribution in [0.15, 0.2) is 24.7 Å². The number of carbonyl (C=O) groups is 1. The highest BCUT2D eigenvalue weighted by atomic mass is 35.5. The number of fused-ring (bicyclic) bond motifs is 2. The maximum atomic E-state index is 12.7. The van der Waals surface area contributed by atoms with Crippen LogP contribution in [-0.2, 0) is 22.7 Å². The molecule has 27 heavy (non-hydrogen) atoms. The Balaban J connectivity index is 1.62. The van der Waals surface area contributed by atoms with Crippen molar-refractivity contribution in [2.24, 2.45) is 0 Å². The lowest BCUT2D eigenvalue weighted by molar-refractivity contribution is -0.0180. The molecule has 4 rings (SSSR count). The minimum Gasteiger partial charge on any atom is -0.467 e. The van der Waals surface area contributed by atoms with Crippen LogP contribution in [0.3, 0.4) is 0 Å². The Morgan fingerprint density at radius 2 is 2.22 bits per heavy atom. The van der Waals surface area contributed by atoms with Crippen molar-refractivity contribution in [3.8, 4) is 5.75 Å². The van der Waals surface area contributed by atoms with E-state index in [0.717, 1.165) is 5.56 Å². The first kappa shape index (κ1) is 17.7. The Kier molecular flexibility index (Phi) is 4.67. The molecule has 0 aliphatic carbocycles. The molecule has 0 N–H and O–H groups in total. The van der Waals surface area contributed by atoms with Crippen LogP contribution >= 0.6 is 11.6 Å². The third kappa shape index (κ3) is 3.33. The molecule has 0 atom stereocenters. The summed E-state index contributed by atoms with van der Waals surface area (Å²) in [6.45, 7) is 4.51. The maximum Gasteiger partial charge on any atom is 0.341 e. The van der Waals surface area contributed by atoms with Gasteiger partial charge in [0, 0.05) is 22.3 Å². The molecular weight excluding hydrogens is 372 g/mol. The quantitative estimate of drug-likeness (QED) is 0.634. The zero-order valence-electron chi connectivity index (χ0n) is 14.8. The zero-order chi connectivity index (χ0) is 19.0. The Hall–Kier alpha value is -2.71. The van der Waals surface area contributed by atoms with E-state index in [1.54, 1.807) is 16.6 Å². The van der Waals surface area contributed by atoms with Gasteiger partial charge in [-0.05, 0) is 18.1 Å². The highest BCUT2D eigenvalue weighted by Crippen LogP contribution is 2.32. The van der Waals surface area contributed by atoms with Crippen LogP contribution in [0.5, 0.6) is 5.75 Å². The van der Waals surface area contributed by atoms with E-state index in [-0.39, 0.29) is 19.3 Å². The molecule has 1 aliphatic heterocycles. The third-order valence-electron chi connectivity index (χ3n) is 4.22. The summed E-state index contributed by atoms with van der Waals surface area (Å²) < 4.78 is 17.9. The Morgan fingerprint density at radius 3 is 3.04 bits per heavy atom. The monoisotopic (exact) mass is 388 g/mol. The summed E-state index contributed by atoms with van der Waals surface area (Å²) in [4.78, 5) is 21.0. The second-order valence-corrected chi connectivity index (χ2v) is 6.86. The highest BCUT2D eigenvalue weighted by molar-refractivity contribution is 6.30. The van der Waals surface area contributed by atoms with E-state index in [0.29, 0.717) is 40.0 Å². The van der Waals surface area contributed by atoms with Gasteiger partial charge in [0.05, 0.1) is 17.9 Å². The van der Waals surface area contributed by atoms with Crippen LogP contribution < -0.4 is 4.74 Å².